The highest BCUT2D eigenvalue weighted by Crippen LogP contribution is 2.39. The van der Waals surface area contributed by atoms with Crippen LogP contribution in [0.3, 0.4) is 0 Å². The summed E-state index contributed by atoms with van der Waals surface area (Å²) in [5, 5.41) is 7.63. The third kappa shape index (κ3) is 2.29. The van der Waals surface area contributed by atoms with Crippen LogP contribution in [0.25, 0.3) is 0 Å². The second-order valence-corrected chi connectivity index (χ2v) is 6.25. The molecule has 0 aliphatic heterocycles. The number of nitrogens with one attached hydrogen (secondary N) is 1. The molecule has 106 valence electrons. The molecule has 3 rings (SSSR count). The van der Waals surface area contributed by atoms with Crippen LogP contribution in [-0.2, 0) is 13.0 Å². The lowest BCUT2D eigenvalue weighted by atomic mass is 10.1. The van der Waals surface area contributed by atoms with Gasteiger partial charge >= 0.3 is 5.69 Å². The van der Waals surface area contributed by atoms with Gasteiger partial charge in [-0.2, -0.15) is 0 Å². The van der Waals surface area contributed by atoms with E-state index in [0.29, 0.717) is 6.54 Å². The molecule has 2 atom stereocenters. The Labute approximate surface area is 121 Å². The summed E-state index contributed by atoms with van der Waals surface area (Å²) in [7, 11) is 0. The van der Waals surface area contributed by atoms with Gasteiger partial charge in [0.1, 0.15) is 0 Å². The molecule has 1 heterocycles. The molecule has 1 aromatic heterocycles. The maximum atomic E-state index is 11.7. The highest BCUT2D eigenvalue weighted by atomic mass is 32.2. The number of fused-ring (bicyclic) bond motifs is 1. The SMILES string of the molecule is CCCn1c(SC2Cc3ccccc3C2N)n[nH]c1=O. The summed E-state index contributed by atoms with van der Waals surface area (Å²) in [4.78, 5) is 11.7. The zero-order chi connectivity index (χ0) is 14.1. The zero-order valence-electron chi connectivity index (χ0n) is 11.4. The van der Waals surface area contributed by atoms with Crippen LogP contribution >= 0.6 is 11.8 Å². The van der Waals surface area contributed by atoms with E-state index >= 15 is 0 Å². The number of rotatable bonds is 4. The van der Waals surface area contributed by atoms with Gasteiger partial charge in [-0.25, -0.2) is 9.89 Å². The molecule has 1 aliphatic rings. The van der Waals surface area contributed by atoms with Gasteiger partial charge in [-0.1, -0.05) is 43.0 Å². The molecule has 0 fully saturated rings. The van der Waals surface area contributed by atoms with Crippen molar-refractivity contribution in [3.8, 4) is 0 Å². The van der Waals surface area contributed by atoms with Crippen LogP contribution in [0.1, 0.15) is 30.5 Å². The highest BCUT2D eigenvalue weighted by Gasteiger charge is 2.31. The maximum Gasteiger partial charge on any atom is 0.343 e. The maximum absolute atomic E-state index is 11.7. The largest absolute Gasteiger partial charge is 0.343 e. The van der Waals surface area contributed by atoms with E-state index < -0.39 is 0 Å². The average Bonchev–Trinajstić information content (AvgIpc) is 2.95. The van der Waals surface area contributed by atoms with E-state index in [4.69, 9.17) is 5.73 Å². The van der Waals surface area contributed by atoms with Crippen LogP contribution in [0.4, 0.5) is 0 Å². The normalized spacial score (nSPS) is 21.1. The first kappa shape index (κ1) is 13.5. The predicted octanol–water partition coefficient (Wildman–Crippen LogP) is 1.70. The Kier molecular flexibility index (Phi) is 3.67. The Balaban J connectivity index is 1.82. The molecule has 0 saturated carbocycles. The van der Waals surface area contributed by atoms with Crippen molar-refractivity contribution < 1.29 is 0 Å². The van der Waals surface area contributed by atoms with Gasteiger partial charge in [0.2, 0.25) is 0 Å². The Bertz CT molecular complexity index is 663. The predicted molar refractivity (Wildman–Crippen MR) is 79.9 cm³/mol. The number of thioether (sulfide) groups is 1. The Morgan fingerprint density at radius 3 is 3.05 bits per heavy atom. The highest BCUT2D eigenvalue weighted by molar-refractivity contribution is 7.99. The third-order valence-electron chi connectivity index (χ3n) is 3.66. The molecule has 20 heavy (non-hydrogen) atoms. The Morgan fingerprint density at radius 1 is 1.50 bits per heavy atom. The van der Waals surface area contributed by atoms with E-state index in [-0.39, 0.29) is 17.0 Å². The molecule has 6 heteroatoms. The molecule has 2 unspecified atom stereocenters. The number of H-pyrrole nitrogens is 1. The van der Waals surface area contributed by atoms with E-state index in [2.05, 4.69) is 22.3 Å². The first-order chi connectivity index (χ1) is 9.70. The Hall–Kier alpha value is -1.53. The van der Waals surface area contributed by atoms with E-state index in [1.165, 1.54) is 11.1 Å². The van der Waals surface area contributed by atoms with Crippen molar-refractivity contribution in [2.24, 2.45) is 5.73 Å². The minimum atomic E-state index is -0.140. The molecule has 3 N–H and O–H groups in total. The molecule has 5 nitrogen and oxygen atoms in total. The molecule has 1 aromatic carbocycles. The summed E-state index contributed by atoms with van der Waals surface area (Å²) >= 11 is 1.60. The van der Waals surface area contributed by atoms with E-state index in [1.54, 1.807) is 16.3 Å². The van der Waals surface area contributed by atoms with Crippen molar-refractivity contribution in [1.29, 1.82) is 0 Å². The van der Waals surface area contributed by atoms with Gasteiger partial charge in [-0.05, 0) is 24.0 Å². The van der Waals surface area contributed by atoms with Gasteiger partial charge in [0.25, 0.3) is 0 Å². The van der Waals surface area contributed by atoms with Gasteiger partial charge in [-0.3, -0.25) is 4.57 Å². The summed E-state index contributed by atoms with van der Waals surface area (Å²) in [6.07, 6.45) is 1.83. The number of benzene rings is 1. The van der Waals surface area contributed by atoms with Crippen LogP contribution < -0.4 is 11.4 Å². The van der Waals surface area contributed by atoms with Crippen LogP contribution in [-0.4, -0.2) is 20.0 Å². The number of aromatic amines is 1. The van der Waals surface area contributed by atoms with E-state index in [1.807, 2.05) is 19.1 Å². The van der Waals surface area contributed by atoms with Gasteiger partial charge in [0.15, 0.2) is 5.16 Å². The summed E-state index contributed by atoms with van der Waals surface area (Å²) in [6, 6.07) is 8.27. The fourth-order valence-corrected chi connectivity index (χ4v) is 3.88. The lowest BCUT2D eigenvalue weighted by Crippen LogP contribution is -2.21. The van der Waals surface area contributed by atoms with Crippen molar-refractivity contribution in [3.63, 3.8) is 0 Å². The molecule has 0 amide bonds. The summed E-state index contributed by atoms with van der Waals surface area (Å²) < 4.78 is 1.69. The standard InChI is InChI=1S/C14H18N4OS/c1-2-7-18-13(19)16-17-14(18)20-11-8-9-5-3-4-6-10(9)12(11)15/h3-6,11-12H,2,7-8,15H2,1H3,(H,16,19). The number of nitrogens with two attached hydrogens (primary N) is 1. The average molecular weight is 290 g/mol. The summed E-state index contributed by atoms with van der Waals surface area (Å²) in [6.45, 7) is 2.73. The van der Waals surface area contributed by atoms with Crippen LogP contribution in [0.2, 0.25) is 0 Å². The van der Waals surface area contributed by atoms with Crippen molar-refractivity contribution in [3.05, 3.63) is 45.9 Å². The van der Waals surface area contributed by atoms with E-state index in [0.717, 1.165) is 18.0 Å². The molecular weight excluding hydrogens is 272 g/mol. The van der Waals surface area contributed by atoms with E-state index in [9.17, 15) is 4.79 Å². The molecule has 2 aromatic rings. The first-order valence-electron chi connectivity index (χ1n) is 6.86. The third-order valence-corrected chi connectivity index (χ3v) is 4.95. The van der Waals surface area contributed by atoms with Gasteiger partial charge in [-0.15, -0.1) is 5.10 Å². The fraction of sp³-hybridized carbons (Fsp3) is 0.429. The Morgan fingerprint density at radius 2 is 2.30 bits per heavy atom. The zero-order valence-corrected chi connectivity index (χ0v) is 12.2. The van der Waals surface area contributed by atoms with Crippen LogP contribution in [0, 0.1) is 0 Å². The van der Waals surface area contributed by atoms with Gasteiger partial charge in [0.05, 0.1) is 0 Å². The number of hydrogen-bond acceptors (Lipinski definition) is 4. The lowest BCUT2D eigenvalue weighted by molar-refractivity contribution is 0.600. The van der Waals surface area contributed by atoms with Crippen molar-refractivity contribution in [2.75, 3.05) is 0 Å². The summed E-state index contributed by atoms with van der Waals surface area (Å²) in [5.74, 6) is 0. The van der Waals surface area contributed by atoms with Crippen molar-refractivity contribution in [2.45, 2.75) is 42.8 Å². The quantitative estimate of drug-likeness (QED) is 0.898. The van der Waals surface area contributed by atoms with Crippen molar-refractivity contribution >= 4 is 11.8 Å². The molecule has 0 bridgehead atoms. The minimum Gasteiger partial charge on any atom is -0.323 e. The molecule has 0 radical (unpaired) electrons. The van der Waals surface area contributed by atoms with Crippen LogP contribution in [0.15, 0.2) is 34.2 Å². The first-order valence-corrected chi connectivity index (χ1v) is 7.74. The minimum absolute atomic E-state index is 0.00178. The van der Waals surface area contributed by atoms with Crippen molar-refractivity contribution in [1.82, 2.24) is 14.8 Å². The molecule has 1 aliphatic carbocycles. The van der Waals surface area contributed by atoms with Crippen LogP contribution in [0.5, 0.6) is 0 Å². The fourth-order valence-electron chi connectivity index (χ4n) is 2.65. The monoisotopic (exact) mass is 290 g/mol. The molecule has 0 saturated heterocycles. The lowest BCUT2D eigenvalue weighted by Gasteiger charge is -2.15. The smallest absolute Gasteiger partial charge is 0.323 e. The second kappa shape index (κ2) is 5.46. The van der Waals surface area contributed by atoms with Gasteiger partial charge < -0.3 is 5.73 Å². The molecular formula is C14H18N4OS. The number of aromatic nitrogens is 3. The number of nitrogens with zero attached hydrogens (tertiary/aromatic N) is 2. The number of hydrogen-bond donors (Lipinski definition) is 2. The topological polar surface area (TPSA) is 76.7 Å². The second-order valence-electron chi connectivity index (χ2n) is 5.05. The van der Waals surface area contributed by atoms with Gasteiger partial charge in [0, 0.05) is 17.8 Å². The molecule has 0 spiro atoms. The summed E-state index contributed by atoms with van der Waals surface area (Å²) in [5.41, 5.74) is 8.70.